The third-order valence-corrected chi connectivity index (χ3v) is 4.52. The van der Waals surface area contributed by atoms with Gasteiger partial charge in [0.25, 0.3) is 0 Å². The van der Waals surface area contributed by atoms with E-state index in [1.165, 1.54) is 31.4 Å². The fourth-order valence-electron chi connectivity index (χ4n) is 3.34. The van der Waals surface area contributed by atoms with E-state index in [0.717, 1.165) is 18.4 Å². The molecule has 20 heavy (non-hydrogen) atoms. The maximum Gasteiger partial charge on any atom is 0.185 e. The number of nitrogens with one attached hydrogen (secondary N) is 3. The summed E-state index contributed by atoms with van der Waals surface area (Å²) in [6.45, 7) is 0. The standard InChI is InChI=1S/C14H17F2N3S/c15-10-3-4-12(11(16)7-10)18-19-14(20)17-13-6-8-1-2-9(13)5-8/h3-4,7-9,13,18H,1-2,5-6H2,(H2,17,19,20). The molecule has 0 spiro atoms. The number of benzene rings is 1. The Labute approximate surface area is 122 Å². The second-order valence-electron chi connectivity index (χ2n) is 5.63. The lowest BCUT2D eigenvalue weighted by Gasteiger charge is -2.24. The van der Waals surface area contributed by atoms with Crippen molar-refractivity contribution in [3.8, 4) is 0 Å². The number of hydrogen-bond acceptors (Lipinski definition) is 2. The lowest BCUT2D eigenvalue weighted by Crippen LogP contribution is -2.46. The van der Waals surface area contributed by atoms with Crippen molar-refractivity contribution in [3.05, 3.63) is 29.8 Å². The first kappa shape index (κ1) is 13.5. The molecule has 2 bridgehead atoms. The number of hydrazine groups is 1. The molecule has 2 aliphatic rings. The van der Waals surface area contributed by atoms with Crippen molar-refractivity contribution >= 4 is 23.0 Å². The van der Waals surface area contributed by atoms with Crippen molar-refractivity contribution < 1.29 is 8.78 Å². The Bertz CT molecular complexity index is 523. The molecule has 6 heteroatoms. The molecule has 2 fully saturated rings. The second kappa shape index (κ2) is 5.52. The molecule has 0 aliphatic heterocycles. The molecule has 3 N–H and O–H groups in total. The van der Waals surface area contributed by atoms with E-state index in [-0.39, 0.29) is 5.69 Å². The van der Waals surface area contributed by atoms with E-state index in [1.54, 1.807) is 0 Å². The first-order chi connectivity index (χ1) is 9.61. The van der Waals surface area contributed by atoms with E-state index in [4.69, 9.17) is 12.2 Å². The summed E-state index contributed by atoms with van der Waals surface area (Å²) in [5, 5.41) is 3.72. The van der Waals surface area contributed by atoms with Gasteiger partial charge in [0.1, 0.15) is 5.82 Å². The van der Waals surface area contributed by atoms with Crippen molar-refractivity contribution in [2.75, 3.05) is 5.43 Å². The summed E-state index contributed by atoms with van der Waals surface area (Å²) in [6, 6.07) is 3.78. The number of rotatable bonds is 3. The zero-order valence-electron chi connectivity index (χ0n) is 11.0. The SMILES string of the molecule is Fc1ccc(NNC(=S)NC2CC3CCC2C3)c(F)c1. The summed E-state index contributed by atoms with van der Waals surface area (Å²) in [7, 11) is 0. The van der Waals surface area contributed by atoms with Crippen molar-refractivity contribution in [2.45, 2.75) is 31.7 Å². The molecule has 0 aromatic heterocycles. The third-order valence-electron chi connectivity index (χ3n) is 4.30. The van der Waals surface area contributed by atoms with E-state index in [2.05, 4.69) is 16.2 Å². The van der Waals surface area contributed by atoms with E-state index in [9.17, 15) is 8.78 Å². The van der Waals surface area contributed by atoms with Gasteiger partial charge in [-0.1, -0.05) is 6.42 Å². The summed E-state index contributed by atoms with van der Waals surface area (Å²) in [5.74, 6) is 0.293. The Hall–Kier alpha value is -1.43. The molecule has 2 aliphatic carbocycles. The Morgan fingerprint density at radius 3 is 2.70 bits per heavy atom. The summed E-state index contributed by atoms with van der Waals surface area (Å²) in [6.07, 6.45) is 5.06. The zero-order chi connectivity index (χ0) is 14.1. The topological polar surface area (TPSA) is 36.1 Å². The zero-order valence-corrected chi connectivity index (χ0v) is 11.8. The molecular weight excluding hydrogens is 280 g/mol. The average molecular weight is 297 g/mol. The normalized spacial score (nSPS) is 27.4. The summed E-state index contributed by atoms with van der Waals surface area (Å²) >= 11 is 5.19. The molecule has 3 unspecified atom stereocenters. The highest BCUT2D eigenvalue weighted by Gasteiger charge is 2.39. The van der Waals surface area contributed by atoms with Crippen LogP contribution in [-0.2, 0) is 0 Å². The summed E-state index contributed by atoms with van der Waals surface area (Å²) < 4.78 is 26.2. The van der Waals surface area contributed by atoms with Crippen LogP contribution in [0.5, 0.6) is 0 Å². The lowest BCUT2D eigenvalue weighted by molar-refractivity contribution is 0.390. The lowest BCUT2D eigenvalue weighted by atomic mass is 9.96. The van der Waals surface area contributed by atoms with Gasteiger partial charge in [0.05, 0.1) is 5.69 Å². The molecule has 0 saturated heterocycles. The smallest absolute Gasteiger partial charge is 0.185 e. The molecule has 108 valence electrons. The monoisotopic (exact) mass is 297 g/mol. The van der Waals surface area contributed by atoms with Crippen LogP contribution < -0.4 is 16.2 Å². The van der Waals surface area contributed by atoms with Crippen LogP contribution in [0, 0.1) is 23.5 Å². The second-order valence-corrected chi connectivity index (χ2v) is 6.04. The van der Waals surface area contributed by atoms with Crippen LogP contribution in [0.3, 0.4) is 0 Å². The minimum absolute atomic E-state index is 0.170. The molecule has 1 aromatic rings. The van der Waals surface area contributed by atoms with Gasteiger partial charge in [-0.05, 0) is 55.4 Å². The molecule has 0 radical (unpaired) electrons. The average Bonchev–Trinajstić information content (AvgIpc) is 3.00. The number of halogens is 2. The summed E-state index contributed by atoms with van der Waals surface area (Å²) in [5.41, 5.74) is 5.59. The van der Waals surface area contributed by atoms with Crippen molar-refractivity contribution in [1.29, 1.82) is 0 Å². The van der Waals surface area contributed by atoms with Gasteiger partial charge in [-0.25, -0.2) is 8.78 Å². The highest BCUT2D eigenvalue weighted by Crippen LogP contribution is 2.44. The van der Waals surface area contributed by atoms with Gasteiger partial charge >= 0.3 is 0 Å². The first-order valence-electron chi connectivity index (χ1n) is 6.89. The highest BCUT2D eigenvalue weighted by molar-refractivity contribution is 7.80. The van der Waals surface area contributed by atoms with Crippen LogP contribution in [-0.4, -0.2) is 11.2 Å². The van der Waals surface area contributed by atoms with Gasteiger partial charge < -0.3 is 5.32 Å². The minimum Gasteiger partial charge on any atom is -0.358 e. The van der Waals surface area contributed by atoms with Gasteiger partial charge in [-0.3, -0.25) is 10.9 Å². The molecule has 0 heterocycles. The largest absolute Gasteiger partial charge is 0.358 e. The quantitative estimate of drug-likeness (QED) is 0.592. The predicted molar refractivity (Wildman–Crippen MR) is 78.1 cm³/mol. The van der Waals surface area contributed by atoms with Gasteiger partial charge in [0, 0.05) is 12.1 Å². The number of anilines is 1. The molecule has 0 amide bonds. The van der Waals surface area contributed by atoms with Crippen LogP contribution in [0.4, 0.5) is 14.5 Å². The molecule has 3 atom stereocenters. The molecule has 3 rings (SSSR count). The Kier molecular flexibility index (Phi) is 3.74. The van der Waals surface area contributed by atoms with E-state index < -0.39 is 11.6 Å². The highest BCUT2D eigenvalue weighted by atomic mass is 32.1. The Morgan fingerprint density at radius 2 is 2.05 bits per heavy atom. The predicted octanol–water partition coefficient (Wildman–Crippen LogP) is 2.94. The van der Waals surface area contributed by atoms with Crippen LogP contribution in [0.1, 0.15) is 25.7 Å². The molecular formula is C14H17F2N3S. The maximum absolute atomic E-state index is 13.4. The van der Waals surface area contributed by atoms with E-state index >= 15 is 0 Å². The van der Waals surface area contributed by atoms with Crippen molar-refractivity contribution in [3.63, 3.8) is 0 Å². The Morgan fingerprint density at radius 1 is 1.20 bits per heavy atom. The van der Waals surface area contributed by atoms with Crippen LogP contribution in [0.25, 0.3) is 0 Å². The number of thiocarbonyl (C=S) groups is 1. The number of hydrogen-bond donors (Lipinski definition) is 3. The molecule has 1 aromatic carbocycles. The van der Waals surface area contributed by atoms with Gasteiger partial charge in [0.2, 0.25) is 0 Å². The number of fused-ring (bicyclic) bond motifs is 2. The van der Waals surface area contributed by atoms with Crippen LogP contribution >= 0.6 is 12.2 Å². The molecule has 2 saturated carbocycles. The maximum atomic E-state index is 13.4. The van der Waals surface area contributed by atoms with Crippen LogP contribution in [0.15, 0.2) is 18.2 Å². The fourth-order valence-corrected chi connectivity index (χ4v) is 3.54. The van der Waals surface area contributed by atoms with Crippen molar-refractivity contribution in [2.24, 2.45) is 11.8 Å². The van der Waals surface area contributed by atoms with Gasteiger partial charge in [-0.15, -0.1) is 0 Å². The summed E-state index contributed by atoms with van der Waals surface area (Å²) in [4.78, 5) is 0. The third kappa shape index (κ3) is 2.85. The first-order valence-corrected chi connectivity index (χ1v) is 7.30. The van der Waals surface area contributed by atoms with Crippen LogP contribution in [0.2, 0.25) is 0 Å². The van der Waals surface area contributed by atoms with E-state index in [1.807, 2.05) is 0 Å². The molecule has 3 nitrogen and oxygen atoms in total. The van der Waals surface area contributed by atoms with Gasteiger partial charge in [0.15, 0.2) is 10.9 Å². The Balaban J connectivity index is 1.49. The van der Waals surface area contributed by atoms with Crippen molar-refractivity contribution in [1.82, 2.24) is 10.7 Å². The van der Waals surface area contributed by atoms with E-state index in [0.29, 0.717) is 17.1 Å². The van der Waals surface area contributed by atoms with Gasteiger partial charge in [-0.2, -0.15) is 0 Å². The fraction of sp³-hybridized carbons (Fsp3) is 0.500. The minimum atomic E-state index is -0.653.